The van der Waals surface area contributed by atoms with Gasteiger partial charge in [0.1, 0.15) is 11.5 Å². The van der Waals surface area contributed by atoms with E-state index in [4.69, 9.17) is 9.47 Å². The Morgan fingerprint density at radius 1 is 1.03 bits per heavy atom. The maximum atomic E-state index is 12.6. The van der Waals surface area contributed by atoms with Gasteiger partial charge >= 0.3 is 0 Å². The number of carbonyl (C=O) groups excluding carboxylic acids is 1. The molecule has 2 aromatic carbocycles. The van der Waals surface area contributed by atoms with Crippen molar-refractivity contribution in [2.45, 2.75) is 32.8 Å². The van der Waals surface area contributed by atoms with E-state index < -0.39 is 6.10 Å². The standard InChI is InChI=1S/C25H28N4O3/c1-3-31-21-9-11-22(12-10-21)32-18(2)25(30)26-20-8-6-7-19(17-20)23-13-14-24(28-27-23)29-15-4-5-16-29/h6-14,17-18H,3-5,15-16H2,1-2H3,(H,26,30). The van der Waals surface area contributed by atoms with Crippen molar-refractivity contribution in [2.75, 3.05) is 29.9 Å². The Balaban J connectivity index is 1.37. The van der Waals surface area contributed by atoms with Crippen molar-refractivity contribution in [3.63, 3.8) is 0 Å². The predicted octanol–water partition coefficient (Wildman–Crippen LogP) is 4.55. The number of anilines is 2. The van der Waals surface area contributed by atoms with Crippen LogP contribution in [0.5, 0.6) is 11.5 Å². The molecular formula is C25H28N4O3. The number of carbonyl (C=O) groups is 1. The molecule has 1 unspecified atom stereocenters. The molecule has 1 amide bonds. The molecule has 4 rings (SSSR count). The summed E-state index contributed by atoms with van der Waals surface area (Å²) in [5.74, 6) is 2.06. The average molecular weight is 433 g/mol. The number of rotatable bonds is 8. The molecule has 32 heavy (non-hydrogen) atoms. The second-order valence-electron chi connectivity index (χ2n) is 7.71. The number of ether oxygens (including phenoxy) is 2. The minimum absolute atomic E-state index is 0.230. The van der Waals surface area contributed by atoms with Gasteiger partial charge in [-0.1, -0.05) is 12.1 Å². The first-order valence-electron chi connectivity index (χ1n) is 11.0. The monoisotopic (exact) mass is 432 g/mol. The fraction of sp³-hybridized carbons (Fsp3) is 0.320. The topological polar surface area (TPSA) is 76.6 Å². The fourth-order valence-corrected chi connectivity index (χ4v) is 3.63. The third-order valence-corrected chi connectivity index (χ3v) is 5.32. The molecule has 2 heterocycles. The number of amides is 1. The zero-order valence-electron chi connectivity index (χ0n) is 18.5. The van der Waals surface area contributed by atoms with E-state index in [9.17, 15) is 4.79 Å². The van der Waals surface area contributed by atoms with Crippen molar-refractivity contribution in [3.05, 3.63) is 60.7 Å². The van der Waals surface area contributed by atoms with Crippen molar-refractivity contribution >= 4 is 17.4 Å². The molecule has 1 N–H and O–H groups in total. The van der Waals surface area contributed by atoms with Gasteiger partial charge in [-0.15, -0.1) is 10.2 Å². The van der Waals surface area contributed by atoms with Crippen LogP contribution in [0.25, 0.3) is 11.3 Å². The number of nitrogens with one attached hydrogen (secondary N) is 1. The lowest BCUT2D eigenvalue weighted by atomic mass is 10.1. The van der Waals surface area contributed by atoms with Crippen LogP contribution in [0.4, 0.5) is 11.5 Å². The first-order valence-corrected chi connectivity index (χ1v) is 11.0. The van der Waals surface area contributed by atoms with E-state index in [1.165, 1.54) is 12.8 Å². The van der Waals surface area contributed by atoms with Gasteiger partial charge in [0.2, 0.25) is 0 Å². The van der Waals surface area contributed by atoms with Crippen molar-refractivity contribution in [2.24, 2.45) is 0 Å². The minimum Gasteiger partial charge on any atom is -0.494 e. The Kier molecular flexibility index (Phi) is 6.84. The quantitative estimate of drug-likeness (QED) is 0.563. The number of hydrogen-bond acceptors (Lipinski definition) is 6. The lowest BCUT2D eigenvalue weighted by Crippen LogP contribution is -2.30. The second kappa shape index (κ2) is 10.1. The largest absolute Gasteiger partial charge is 0.494 e. The average Bonchev–Trinajstić information content (AvgIpc) is 3.36. The summed E-state index contributed by atoms with van der Waals surface area (Å²) in [5.41, 5.74) is 2.34. The van der Waals surface area contributed by atoms with Crippen LogP contribution in [-0.2, 0) is 4.79 Å². The highest BCUT2D eigenvalue weighted by molar-refractivity contribution is 5.94. The van der Waals surface area contributed by atoms with Gasteiger partial charge in [0.15, 0.2) is 11.9 Å². The van der Waals surface area contributed by atoms with Crippen molar-refractivity contribution in [3.8, 4) is 22.8 Å². The van der Waals surface area contributed by atoms with Crippen molar-refractivity contribution in [1.82, 2.24) is 10.2 Å². The second-order valence-corrected chi connectivity index (χ2v) is 7.71. The maximum Gasteiger partial charge on any atom is 0.265 e. The Bertz CT molecular complexity index is 1030. The predicted molar refractivity (Wildman–Crippen MR) is 125 cm³/mol. The summed E-state index contributed by atoms with van der Waals surface area (Å²) < 4.78 is 11.2. The highest BCUT2D eigenvalue weighted by Gasteiger charge is 2.16. The molecule has 7 heteroatoms. The summed E-state index contributed by atoms with van der Waals surface area (Å²) in [4.78, 5) is 14.9. The summed E-state index contributed by atoms with van der Waals surface area (Å²) in [6.45, 7) is 6.32. The summed E-state index contributed by atoms with van der Waals surface area (Å²) in [7, 11) is 0. The highest BCUT2D eigenvalue weighted by atomic mass is 16.5. The SMILES string of the molecule is CCOc1ccc(OC(C)C(=O)Nc2cccc(-c3ccc(N4CCCC4)nn3)c2)cc1. The van der Waals surface area contributed by atoms with Crippen LogP contribution in [0.3, 0.4) is 0 Å². The van der Waals surface area contributed by atoms with Gasteiger partial charge in [0, 0.05) is 24.3 Å². The molecule has 0 saturated carbocycles. The molecule has 0 aliphatic carbocycles. The third kappa shape index (κ3) is 5.35. The lowest BCUT2D eigenvalue weighted by Gasteiger charge is -2.16. The smallest absolute Gasteiger partial charge is 0.265 e. The van der Waals surface area contributed by atoms with Crippen LogP contribution in [-0.4, -0.2) is 41.9 Å². The van der Waals surface area contributed by atoms with Crippen molar-refractivity contribution in [1.29, 1.82) is 0 Å². The van der Waals surface area contributed by atoms with E-state index in [0.717, 1.165) is 35.9 Å². The first kappa shape index (κ1) is 21.6. The maximum absolute atomic E-state index is 12.6. The van der Waals surface area contributed by atoms with E-state index in [1.54, 1.807) is 19.1 Å². The molecule has 1 aliphatic heterocycles. The molecule has 0 bridgehead atoms. The van der Waals surface area contributed by atoms with Crippen LogP contribution < -0.4 is 19.7 Å². The van der Waals surface area contributed by atoms with E-state index in [-0.39, 0.29) is 5.91 Å². The fourth-order valence-electron chi connectivity index (χ4n) is 3.63. The summed E-state index contributed by atoms with van der Waals surface area (Å²) in [6, 6.07) is 18.8. The van der Waals surface area contributed by atoms with Crippen LogP contribution in [0.15, 0.2) is 60.7 Å². The van der Waals surface area contributed by atoms with Gasteiger partial charge in [-0.25, -0.2) is 0 Å². The van der Waals surface area contributed by atoms with Gasteiger partial charge in [0.05, 0.1) is 12.3 Å². The Hall–Kier alpha value is -3.61. The minimum atomic E-state index is -0.656. The van der Waals surface area contributed by atoms with E-state index in [2.05, 4.69) is 20.4 Å². The van der Waals surface area contributed by atoms with Gasteiger partial charge < -0.3 is 19.7 Å². The number of hydrogen-bond donors (Lipinski definition) is 1. The zero-order chi connectivity index (χ0) is 22.3. The Morgan fingerprint density at radius 2 is 1.78 bits per heavy atom. The van der Waals surface area contributed by atoms with Gasteiger partial charge in [-0.2, -0.15) is 0 Å². The summed E-state index contributed by atoms with van der Waals surface area (Å²) in [6.07, 6.45) is 1.74. The highest BCUT2D eigenvalue weighted by Crippen LogP contribution is 2.24. The molecule has 1 aromatic heterocycles. The first-order chi connectivity index (χ1) is 15.6. The molecule has 0 spiro atoms. The summed E-state index contributed by atoms with van der Waals surface area (Å²) in [5, 5.41) is 11.7. The molecule has 3 aromatic rings. The van der Waals surface area contributed by atoms with Gasteiger partial charge in [-0.05, 0) is 75.2 Å². The third-order valence-electron chi connectivity index (χ3n) is 5.32. The number of aromatic nitrogens is 2. The van der Waals surface area contributed by atoms with Crippen molar-refractivity contribution < 1.29 is 14.3 Å². The van der Waals surface area contributed by atoms with Crippen LogP contribution in [0, 0.1) is 0 Å². The van der Waals surface area contributed by atoms with E-state index in [1.807, 2.05) is 55.5 Å². The van der Waals surface area contributed by atoms with E-state index in [0.29, 0.717) is 18.0 Å². The van der Waals surface area contributed by atoms with E-state index >= 15 is 0 Å². The molecule has 1 fully saturated rings. The number of nitrogens with zero attached hydrogens (tertiary/aromatic N) is 3. The Morgan fingerprint density at radius 3 is 2.47 bits per heavy atom. The van der Waals surface area contributed by atoms with Crippen LogP contribution >= 0.6 is 0 Å². The van der Waals surface area contributed by atoms with Crippen LogP contribution in [0.1, 0.15) is 26.7 Å². The lowest BCUT2D eigenvalue weighted by molar-refractivity contribution is -0.122. The van der Waals surface area contributed by atoms with Crippen LogP contribution in [0.2, 0.25) is 0 Å². The van der Waals surface area contributed by atoms with Gasteiger partial charge in [0.25, 0.3) is 5.91 Å². The molecule has 7 nitrogen and oxygen atoms in total. The molecule has 1 saturated heterocycles. The number of benzene rings is 2. The molecular weight excluding hydrogens is 404 g/mol. The van der Waals surface area contributed by atoms with Gasteiger partial charge in [-0.3, -0.25) is 4.79 Å². The normalized spacial score (nSPS) is 14.1. The molecule has 166 valence electrons. The molecule has 1 atom stereocenters. The molecule has 0 radical (unpaired) electrons. The Labute approximate surface area is 188 Å². The summed E-state index contributed by atoms with van der Waals surface area (Å²) >= 11 is 0. The zero-order valence-corrected chi connectivity index (χ0v) is 18.5. The molecule has 1 aliphatic rings.